The summed E-state index contributed by atoms with van der Waals surface area (Å²) in [7, 11) is -10.4. The Kier molecular flexibility index (Phi) is 17.2. The number of aromatic nitrogens is 2. The molecule has 52 heavy (non-hydrogen) atoms. The lowest BCUT2D eigenvalue weighted by molar-refractivity contribution is -0.196. The van der Waals surface area contributed by atoms with Crippen LogP contribution in [0.5, 0.6) is 0 Å². The molecule has 0 radical (unpaired) electrons. The van der Waals surface area contributed by atoms with E-state index in [1.165, 1.54) is 12.2 Å². The van der Waals surface area contributed by atoms with Gasteiger partial charge in [0.2, 0.25) is 11.8 Å². The highest BCUT2D eigenvalue weighted by molar-refractivity contribution is 8.00. The van der Waals surface area contributed by atoms with Crippen LogP contribution in [0.4, 0.5) is 10.6 Å². The van der Waals surface area contributed by atoms with Gasteiger partial charge in [0.15, 0.2) is 12.5 Å². The number of amides is 4. The van der Waals surface area contributed by atoms with Crippen molar-refractivity contribution < 1.29 is 62.0 Å². The molecule has 0 bridgehead atoms. The van der Waals surface area contributed by atoms with E-state index >= 15 is 0 Å². The van der Waals surface area contributed by atoms with E-state index in [1.54, 1.807) is 0 Å². The number of phosphoric acid groups is 2. The number of carbonyl (C=O) groups is 3. The number of nitrogens with two attached hydrogens (primary N) is 1. The highest BCUT2D eigenvalue weighted by Gasteiger charge is 2.42. The molecule has 0 spiro atoms. The van der Waals surface area contributed by atoms with Crippen LogP contribution in [0.2, 0.25) is 0 Å². The van der Waals surface area contributed by atoms with Gasteiger partial charge in [0.25, 0.3) is 0 Å². The summed E-state index contributed by atoms with van der Waals surface area (Å²) < 4.78 is 37.0. The molecular weight excluding hydrogens is 752 g/mol. The molecule has 24 heteroatoms. The van der Waals surface area contributed by atoms with Crippen LogP contribution >= 0.6 is 27.4 Å². The molecule has 6 atom stereocenters. The van der Waals surface area contributed by atoms with Crippen LogP contribution in [0.25, 0.3) is 6.08 Å². The maximum absolute atomic E-state index is 12.6. The smallest absolute Gasteiger partial charge is 0.389 e. The zero-order chi connectivity index (χ0) is 38.5. The predicted molar refractivity (Wildman–Crippen MR) is 187 cm³/mol. The van der Waals surface area contributed by atoms with E-state index in [0.29, 0.717) is 24.6 Å². The summed E-state index contributed by atoms with van der Waals surface area (Å²) >= 11 is 1.85. The number of unbranched alkanes of at least 4 members (excludes halogenated alkanes) is 3. The first-order chi connectivity index (χ1) is 24.4. The Morgan fingerprint density at radius 2 is 1.77 bits per heavy atom. The number of urea groups is 1. The van der Waals surface area contributed by atoms with Crippen LogP contribution in [0, 0.1) is 0 Å². The van der Waals surface area contributed by atoms with Crippen molar-refractivity contribution in [3.05, 3.63) is 28.3 Å². The van der Waals surface area contributed by atoms with E-state index in [-0.39, 0.29) is 54.3 Å². The molecular formula is C28H47N7O14P2S. The van der Waals surface area contributed by atoms with Gasteiger partial charge in [-0.25, -0.2) is 18.7 Å². The van der Waals surface area contributed by atoms with Crippen LogP contribution in [0.1, 0.15) is 70.1 Å². The molecule has 1 aromatic rings. The Balaban J connectivity index is 1.36. The van der Waals surface area contributed by atoms with Gasteiger partial charge in [0, 0.05) is 48.7 Å². The Morgan fingerprint density at radius 3 is 2.44 bits per heavy atom. The van der Waals surface area contributed by atoms with Gasteiger partial charge in [-0.3, -0.25) is 23.2 Å². The lowest BCUT2D eigenvalue weighted by Crippen LogP contribution is -2.38. The number of nitrogens with zero attached hydrogens (tertiary/aromatic N) is 2. The summed E-state index contributed by atoms with van der Waals surface area (Å²) in [6, 6.07) is 0.250. The number of fused-ring (bicyclic) bond motifs is 1. The van der Waals surface area contributed by atoms with E-state index < -0.39 is 46.6 Å². The third-order valence-corrected chi connectivity index (χ3v) is 10.3. The van der Waals surface area contributed by atoms with Gasteiger partial charge in [-0.05, 0) is 32.6 Å². The van der Waals surface area contributed by atoms with Crippen LogP contribution in [0.3, 0.4) is 0 Å². The maximum Gasteiger partial charge on any atom is 0.472 e. The van der Waals surface area contributed by atoms with Crippen molar-refractivity contribution >= 4 is 57.1 Å². The van der Waals surface area contributed by atoms with Crippen LogP contribution in [0.15, 0.2) is 17.1 Å². The molecule has 3 rings (SSSR count). The summed E-state index contributed by atoms with van der Waals surface area (Å²) in [5.41, 5.74) is 4.93. The van der Waals surface area contributed by atoms with Crippen LogP contribution < -0.4 is 32.7 Å². The summed E-state index contributed by atoms with van der Waals surface area (Å²) in [4.78, 5) is 88.3. The molecule has 21 nitrogen and oxygen atoms in total. The molecule has 2 fully saturated rings. The standard InChI is InChI=1S/C28H47N7O14P2S/c1-17(36)26(48-23(49-51(44,45)46)15-47-50(41,42)43)35-14-18(25(29)34-28(35)40)8-7-13-31-21(37)10-3-2-6-12-30-22(38)11-5-4-9-20-24-19(16-52-20)32-27(39)33-24/h7-8,14,17,19-20,23-24,26,36H,2-6,9-13,15-16H2,1H3,(H,30,38)(H,31,37)(H2,29,34,40)(H2,32,33,39)(H2,41,42,43)(H2,44,45,46)/b8-7-/t17-,19?,20-,23-,24?,26+/m0/s1. The van der Waals surface area contributed by atoms with E-state index in [2.05, 4.69) is 35.3 Å². The molecule has 1 aromatic heterocycles. The third-order valence-electron chi connectivity index (χ3n) is 7.82. The highest BCUT2D eigenvalue weighted by Crippen LogP contribution is 2.41. The number of hydrogen-bond donors (Lipinski definition) is 10. The van der Waals surface area contributed by atoms with E-state index in [9.17, 15) is 33.4 Å². The normalized spacial score (nSPS) is 20.6. The largest absolute Gasteiger partial charge is 0.472 e. The van der Waals surface area contributed by atoms with Crippen molar-refractivity contribution in [2.24, 2.45) is 0 Å². The molecule has 2 aliphatic rings. The first-order valence-corrected chi connectivity index (χ1v) is 20.6. The number of thioether (sulfide) groups is 1. The van der Waals surface area contributed by atoms with Gasteiger partial charge in [-0.15, -0.1) is 0 Å². The number of ether oxygens (including phenoxy) is 1. The second-order valence-corrected chi connectivity index (χ2v) is 15.8. The van der Waals surface area contributed by atoms with Gasteiger partial charge in [0.1, 0.15) is 12.4 Å². The quantitative estimate of drug-likeness (QED) is 0.0296. The third kappa shape index (κ3) is 15.6. The molecule has 11 N–H and O–H groups in total. The minimum absolute atomic E-state index is 0.0108. The number of phosphoric ester groups is 2. The second kappa shape index (κ2) is 20.5. The summed E-state index contributed by atoms with van der Waals surface area (Å²) in [5.74, 6) is 0.446. The van der Waals surface area contributed by atoms with Crippen molar-refractivity contribution in [3.8, 4) is 0 Å². The lowest BCUT2D eigenvalue weighted by Gasteiger charge is -2.28. The van der Waals surface area contributed by atoms with Crippen molar-refractivity contribution in [2.45, 2.75) is 94.2 Å². The van der Waals surface area contributed by atoms with Crippen molar-refractivity contribution in [1.29, 1.82) is 0 Å². The number of anilines is 1. The van der Waals surface area contributed by atoms with Gasteiger partial charge in [-0.2, -0.15) is 16.7 Å². The minimum atomic E-state index is -5.30. The van der Waals surface area contributed by atoms with Crippen LogP contribution in [-0.2, 0) is 32.5 Å². The minimum Gasteiger partial charge on any atom is -0.389 e. The predicted octanol–water partition coefficient (Wildman–Crippen LogP) is -0.202. The Bertz CT molecular complexity index is 1550. The number of nitrogens with one attached hydrogen (secondary N) is 4. The fraction of sp³-hybridized carbons (Fsp3) is 0.679. The number of rotatable bonds is 23. The Hall–Kier alpha value is -2.88. The fourth-order valence-electron chi connectivity index (χ4n) is 5.40. The van der Waals surface area contributed by atoms with Crippen molar-refractivity contribution in [1.82, 2.24) is 30.8 Å². The maximum atomic E-state index is 12.6. The highest BCUT2D eigenvalue weighted by atomic mass is 32.2. The van der Waals surface area contributed by atoms with E-state index in [0.717, 1.165) is 55.5 Å². The van der Waals surface area contributed by atoms with E-state index in [1.807, 2.05) is 11.8 Å². The van der Waals surface area contributed by atoms with Gasteiger partial charge < -0.3 is 56.4 Å². The fourth-order valence-corrected chi connectivity index (χ4v) is 7.68. The molecule has 2 unspecified atom stereocenters. The zero-order valence-corrected chi connectivity index (χ0v) is 31.0. The van der Waals surface area contributed by atoms with Crippen LogP contribution in [-0.4, -0.2) is 107 Å². The molecule has 294 valence electrons. The second-order valence-electron chi connectivity index (χ2n) is 12.1. The molecule has 0 aromatic carbocycles. The van der Waals surface area contributed by atoms with Gasteiger partial charge >= 0.3 is 27.4 Å². The Morgan fingerprint density at radius 1 is 1.08 bits per heavy atom. The summed E-state index contributed by atoms with van der Waals surface area (Å²) in [5, 5.41) is 22.1. The topological polar surface area (TPSA) is 323 Å². The first-order valence-electron chi connectivity index (χ1n) is 16.5. The van der Waals surface area contributed by atoms with Crippen molar-refractivity contribution in [3.63, 3.8) is 0 Å². The monoisotopic (exact) mass is 799 g/mol. The van der Waals surface area contributed by atoms with Crippen molar-refractivity contribution in [2.75, 3.05) is 31.2 Å². The Labute approximate surface area is 303 Å². The summed E-state index contributed by atoms with van der Waals surface area (Å²) in [6.45, 7) is 0.551. The SMILES string of the molecule is C[C@H](O)[C@@H](O[C@H](COP(=O)(O)O)OP(=O)(O)O)n1cc(/C=C\CNC(=O)CCCCCNC(=O)CCCC[C@@H]2SCC3NC(=O)NC32)c(N)nc1=O. The van der Waals surface area contributed by atoms with Gasteiger partial charge in [-0.1, -0.05) is 25.0 Å². The zero-order valence-electron chi connectivity index (χ0n) is 28.4. The summed E-state index contributed by atoms with van der Waals surface area (Å²) in [6.07, 6.45) is 3.95. The molecule has 0 aliphatic carbocycles. The molecule has 2 saturated heterocycles. The molecule has 3 heterocycles. The number of nitrogen functional groups attached to an aromatic ring is 1. The number of hydrogen-bond acceptors (Lipinski definition) is 13. The number of aliphatic hydroxyl groups is 1. The lowest BCUT2D eigenvalue weighted by atomic mass is 10.0. The molecule has 4 amide bonds. The average molecular weight is 800 g/mol. The molecule has 0 saturated carbocycles. The average Bonchev–Trinajstić information content (AvgIpc) is 3.59. The first kappa shape index (κ1) is 43.5. The number of aliphatic hydroxyl groups excluding tert-OH is 1. The van der Waals surface area contributed by atoms with E-state index in [4.69, 9.17) is 30.0 Å². The number of carbonyl (C=O) groups excluding carboxylic acids is 3. The van der Waals surface area contributed by atoms with Gasteiger partial charge in [0.05, 0.1) is 18.2 Å². The molecule has 2 aliphatic heterocycles.